The van der Waals surface area contributed by atoms with E-state index in [4.69, 9.17) is 17.1 Å². The lowest BCUT2D eigenvalue weighted by atomic mass is 10.2. The summed E-state index contributed by atoms with van der Waals surface area (Å²) in [5.74, 6) is 0.0789. The third-order valence-corrected chi connectivity index (χ3v) is 4.94. The molecule has 2 aromatic carbocycles. The maximum Gasteiger partial charge on any atom is 0.263 e. The van der Waals surface area contributed by atoms with Crippen LogP contribution in [0.5, 0.6) is 0 Å². The quantitative estimate of drug-likeness (QED) is 0.413. The lowest BCUT2D eigenvalue weighted by Crippen LogP contribution is -2.14. The van der Waals surface area contributed by atoms with Crippen molar-refractivity contribution in [2.24, 2.45) is 5.11 Å². The predicted octanol–water partition coefficient (Wildman–Crippen LogP) is 3.89. The molecule has 1 heterocycles. The van der Waals surface area contributed by atoms with Gasteiger partial charge in [0.25, 0.3) is 10.0 Å². The van der Waals surface area contributed by atoms with Gasteiger partial charge in [-0.1, -0.05) is 34.9 Å². The summed E-state index contributed by atoms with van der Waals surface area (Å²) in [6, 6.07) is 11.2. The Kier molecular flexibility index (Phi) is 4.71. The average Bonchev–Trinajstić information content (AvgIpc) is 2.60. The van der Waals surface area contributed by atoms with Crippen LogP contribution in [-0.4, -0.2) is 18.4 Å². The molecule has 0 spiro atoms. The number of para-hydroxylation sites is 1. The number of azide groups is 1. The van der Waals surface area contributed by atoms with Gasteiger partial charge in [-0.05, 0) is 35.4 Å². The molecule has 0 saturated carbocycles. The molecule has 0 atom stereocenters. The molecule has 3 aromatic rings. The van der Waals surface area contributed by atoms with E-state index in [1.807, 2.05) is 0 Å². The molecule has 0 aliphatic heterocycles. The van der Waals surface area contributed by atoms with E-state index >= 15 is 0 Å². The Bertz CT molecular complexity index is 1100. The minimum absolute atomic E-state index is 0.0335. The molecule has 25 heavy (non-hydrogen) atoms. The second kappa shape index (κ2) is 6.94. The van der Waals surface area contributed by atoms with Crippen LogP contribution in [0.1, 0.15) is 5.56 Å². The number of hydrogen-bond donors (Lipinski definition) is 1. The fraction of sp³-hybridized carbons (Fsp3) is 0.0667. The topological polar surface area (TPSA) is 121 Å². The van der Waals surface area contributed by atoms with E-state index in [2.05, 4.69) is 24.7 Å². The van der Waals surface area contributed by atoms with E-state index in [-0.39, 0.29) is 17.3 Å². The van der Waals surface area contributed by atoms with Crippen molar-refractivity contribution in [1.82, 2.24) is 9.97 Å². The molecule has 1 aromatic heterocycles. The normalized spacial score (nSPS) is 11.1. The molecular weight excluding hydrogens is 364 g/mol. The van der Waals surface area contributed by atoms with Gasteiger partial charge >= 0.3 is 0 Å². The van der Waals surface area contributed by atoms with Crippen LogP contribution in [0.4, 0.5) is 5.82 Å². The zero-order valence-corrected chi connectivity index (χ0v) is 14.2. The monoisotopic (exact) mass is 374 g/mol. The first-order chi connectivity index (χ1) is 12.0. The van der Waals surface area contributed by atoms with Crippen LogP contribution in [0.2, 0.25) is 5.02 Å². The molecule has 8 nitrogen and oxygen atoms in total. The smallest absolute Gasteiger partial charge is 0.262 e. The van der Waals surface area contributed by atoms with Crippen molar-refractivity contribution in [3.63, 3.8) is 0 Å². The molecule has 0 bridgehead atoms. The Morgan fingerprint density at radius 3 is 2.84 bits per heavy atom. The average molecular weight is 375 g/mol. The maximum absolute atomic E-state index is 12.5. The molecule has 0 aliphatic carbocycles. The number of nitrogens with zero attached hydrogens (tertiary/aromatic N) is 5. The lowest BCUT2D eigenvalue weighted by Gasteiger charge is -2.09. The molecule has 126 valence electrons. The Morgan fingerprint density at radius 2 is 2.04 bits per heavy atom. The van der Waals surface area contributed by atoms with Crippen LogP contribution in [0.3, 0.4) is 0 Å². The second-order valence-electron chi connectivity index (χ2n) is 5.00. The molecule has 0 fully saturated rings. The molecule has 0 radical (unpaired) electrons. The predicted molar refractivity (Wildman–Crippen MR) is 94.6 cm³/mol. The van der Waals surface area contributed by atoms with Gasteiger partial charge in [0.1, 0.15) is 5.52 Å². The van der Waals surface area contributed by atoms with E-state index in [0.29, 0.717) is 21.6 Å². The molecule has 0 aliphatic rings. The Balaban J connectivity index is 1.92. The van der Waals surface area contributed by atoms with Crippen LogP contribution in [0.15, 0.2) is 58.7 Å². The van der Waals surface area contributed by atoms with Crippen molar-refractivity contribution < 1.29 is 8.42 Å². The molecule has 0 saturated heterocycles. The number of halogens is 1. The van der Waals surface area contributed by atoms with Gasteiger partial charge in [-0.15, -0.1) is 0 Å². The van der Waals surface area contributed by atoms with Crippen molar-refractivity contribution in [2.75, 3.05) is 4.72 Å². The third kappa shape index (κ3) is 3.80. The van der Waals surface area contributed by atoms with Crippen molar-refractivity contribution in [2.45, 2.75) is 11.4 Å². The van der Waals surface area contributed by atoms with Gasteiger partial charge in [-0.25, -0.2) is 18.4 Å². The van der Waals surface area contributed by atoms with E-state index in [1.165, 1.54) is 18.3 Å². The first kappa shape index (κ1) is 17.0. The Morgan fingerprint density at radius 1 is 1.24 bits per heavy atom. The summed E-state index contributed by atoms with van der Waals surface area (Å²) in [6.45, 7) is 0.0636. The van der Waals surface area contributed by atoms with Gasteiger partial charge in [0.2, 0.25) is 0 Å². The molecule has 1 N–H and O–H groups in total. The third-order valence-electron chi connectivity index (χ3n) is 3.29. The molecule has 0 amide bonds. The van der Waals surface area contributed by atoms with Crippen molar-refractivity contribution in [3.8, 4) is 0 Å². The van der Waals surface area contributed by atoms with Gasteiger partial charge in [0, 0.05) is 4.91 Å². The lowest BCUT2D eigenvalue weighted by molar-refractivity contribution is 0.601. The number of sulfonamides is 1. The zero-order chi connectivity index (χ0) is 17.9. The van der Waals surface area contributed by atoms with Gasteiger partial charge in [-0.2, -0.15) is 0 Å². The number of nitrogens with one attached hydrogen (secondary N) is 1. The van der Waals surface area contributed by atoms with Crippen LogP contribution < -0.4 is 4.72 Å². The highest BCUT2D eigenvalue weighted by Gasteiger charge is 2.16. The van der Waals surface area contributed by atoms with Gasteiger partial charge < -0.3 is 0 Å². The number of anilines is 1. The van der Waals surface area contributed by atoms with Gasteiger partial charge in [-0.3, -0.25) is 4.72 Å². The first-order valence-electron chi connectivity index (χ1n) is 7.03. The number of hydrogen-bond acceptors (Lipinski definition) is 5. The van der Waals surface area contributed by atoms with Crippen LogP contribution >= 0.6 is 11.6 Å². The van der Waals surface area contributed by atoms with Crippen molar-refractivity contribution in [1.29, 1.82) is 0 Å². The SMILES string of the molecule is [N-]=[N+]=NCc1cccc(S(=O)(=O)Nc2cnc3c(Cl)cccc3n2)c1. The summed E-state index contributed by atoms with van der Waals surface area (Å²) < 4.78 is 27.4. The van der Waals surface area contributed by atoms with Crippen molar-refractivity contribution in [3.05, 3.63) is 69.7 Å². The number of rotatable bonds is 5. The first-order valence-corrected chi connectivity index (χ1v) is 8.89. The van der Waals surface area contributed by atoms with E-state index in [9.17, 15) is 8.42 Å². The standard InChI is InChI=1S/C15H11ClN6O2S/c16-12-5-2-6-13-15(12)18-9-14(20-13)21-25(23,24)11-4-1-3-10(7-11)8-19-22-17/h1-7,9H,8H2,(H,20,21). The van der Waals surface area contributed by atoms with Crippen LogP contribution in [0, 0.1) is 0 Å². The molecular formula is C15H11ClN6O2S. The zero-order valence-electron chi connectivity index (χ0n) is 12.7. The Hall–Kier alpha value is -2.87. The summed E-state index contributed by atoms with van der Waals surface area (Å²) in [6.07, 6.45) is 1.30. The minimum Gasteiger partial charge on any atom is -0.262 e. The molecule has 0 unspecified atom stereocenters. The second-order valence-corrected chi connectivity index (χ2v) is 7.09. The van der Waals surface area contributed by atoms with E-state index < -0.39 is 10.0 Å². The van der Waals surface area contributed by atoms with E-state index in [0.717, 1.165) is 0 Å². The highest BCUT2D eigenvalue weighted by atomic mass is 35.5. The Labute approximate surface area is 148 Å². The summed E-state index contributed by atoms with van der Waals surface area (Å²) >= 11 is 6.02. The fourth-order valence-corrected chi connectivity index (χ4v) is 3.45. The molecule has 10 heteroatoms. The van der Waals surface area contributed by atoms with Crippen LogP contribution in [0.25, 0.3) is 21.5 Å². The number of benzene rings is 2. The largest absolute Gasteiger partial charge is 0.263 e. The van der Waals surface area contributed by atoms with Crippen LogP contribution in [-0.2, 0) is 16.6 Å². The van der Waals surface area contributed by atoms with Crippen molar-refractivity contribution >= 4 is 38.5 Å². The summed E-state index contributed by atoms with van der Waals surface area (Å²) in [7, 11) is -3.86. The van der Waals surface area contributed by atoms with Gasteiger partial charge in [0.05, 0.1) is 28.2 Å². The number of fused-ring (bicyclic) bond motifs is 1. The minimum atomic E-state index is -3.86. The fourth-order valence-electron chi connectivity index (χ4n) is 2.18. The maximum atomic E-state index is 12.5. The highest BCUT2D eigenvalue weighted by molar-refractivity contribution is 7.92. The van der Waals surface area contributed by atoms with Gasteiger partial charge in [0.15, 0.2) is 5.82 Å². The number of aromatic nitrogens is 2. The summed E-state index contributed by atoms with van der Waals surface area (Å²) in [4.78, 5) is 11.0. The highest BCUT2D eigenvalue weighted by Crippen LogP contribution is 2.22. The summed E-state index contributed by atoms with van der Waals surface area (Å²) in [5.41, 5.74) is 9.91. The summed E-state index contributed by atoms with van der Waals surface area (Å²) in [5, 5.41) is 3.86. The molecule has 3 rings (SSSR count). The van der Waals surface area contributed by atoms with E-state index in [1.54, 1.807) is 30.3 Å².